The van der Waals surface area contributed by atoms with Gasteiger partial charge in [-0.15, -0.1) is 0 Å². The van der Waals surface area contributed by atoms with Gasteiger partial charge in [0.2, 0.25) is 0 Å². The average Bonchev–Trinajstić information content (AvgIpc) is 2.77. The molecular weight excluding hydrogens is 359 g/mol. The molecule has 1 aromatic rings. The maximum absolute atomic E-state index is 12.1. The third kappa shape index (κ3) is 5.66. The zero-order valence-electron chi connectivity index (χ0n) is 17.7. The van der Waals surface area contributed by atoms with Crippen LogP contribution in [0.1, 0.15) is 64.4 Å². The number of carbonyl (C=O) groups is 2. The van der Waals surface area contributed by atoms with Crippen molar-refractivity contribution in [3.8, 4) is 0 Å². The summed E-state index contributed by atoms with van der Waals surface area (Å²) in [6.07, 6.45) is 5.12. The lowest BCUT2D eigenvalue weighted by Crippen LogP contribution is -2.41. The number of alkyl carbamates (subject to hydrolysis) is 1. The van der Waals surface area contributed by atoms with E-state index in [1.165, 1.54) is 6.20 Å². The van der Waals surface area contributed by atoms with Gasteiger partial charge in [-0.3, -0.25) is 9.78 Å². The van der Waals surface area contributed by atoms with Crippen molar-refractivity contribution in [2.24, 2.45) is 0 Å². The monoisotopic (exact) mass is 388 g/mol. The van der Waals surface area contributed by atoms with Crippen LogP contribution in [0, 0.1) is 0 Å². The van der Waals surface area contributed by atoms with E-state index in [2.05, 4.69) is 10.3 Å². The zero-order chi connectivity index (χ0) is 21.2. The minimum absolute atomic E-state index is 0.164. The second-order valence-corrected chi connectivity index (χ2v) is 8.83. The Morgan fingerprint density at radius 3 is 2.29 bits per heavy atom. The first-order chi connectivity index (χ1) is 12.8. The predicted molar refractivity (Wildman–Crippen MR) is 108 cm³/mol. The van der Waals surface area contributed by atoms with E-state index >= 15 is 0 Å². The summed E-state index contributed by atoms with van der Waals surface area (Å²) in [5.74, 6) is 0. The summed E-state index contributed by atoms with van der Waals surface area (Å²) in [5, 5.41) is 2.74. The summed E-state index contributed by atoms with van der Waals surface area (Å²) in [4.78, 5) is 27.2. The molecule has 7 nitrogen and oxygen atoms in total. The van der Waals surface area contributed by atoms with Gasteiger partial charge >= 0.3 is 13.2 Å². The molecule has 2 heterocycles. The molecular formula is C20H29BN2O5. The van der Waals surface area contributed by atoms with Gasteiger partial charge in [-0.05, 0) is 65.6 Å². The second-order valence-electron chi connectivity index (χ2n) is 8.83. The Bertz CT molecular complexity index is 752. The maximum atomic E-state index is 12.1. The van der Waals surface area contributed by atoms with Crippen molar-refractivity contribution in [3.05, 3.63) is 35.1 Å². The van der Waals surface area contributed by atoms with Crippen molar-refractivity contribution in [2.45, 2.75) is 65.3 Å². The first kappa shape index (κ1) is 22.1. The largest absolute Gasteiger partial charge is 0.492 e. The Labute approximate surface area is 167 Å². The van der Waals surface area contributed by atoms with Crippen LogP contribution in [-0.2, 0) is 14.0 Å². The molecule has 1 N–H and O–H groups in total. The standard InChI is InChI=1S/C20H29BN2O5/c1-18(2,3)26-17(25)23-12-16(9-14-8-15(13-24)11-22-10-14)21-27-19(4,5)20(6,7)28-21/h8-11,13H,12H2,1-7H3,(H,23,25). The van der Waals surface area contributed by atoms with Gasteiger partial charge in [-0.1, -0.05) is 6.08 Å². The first-order valence-electron chi connectivity index (χ1n) is 9.26. The van der Waals surface area contributed by atoms with Gasteiger partial charge in [0.05, 0.1) is 11.2 Å². The number of ether oxygens (including phenoxy) is 1. The van der Waals surface area contributed by atoms with Gasteiger partial charge < -0.3 is 19.4 Å². The number of aldehydes is 1. The lowest BCUT2D eigenvalue weighted by molar-refractivity contribution is 0.00578. The molecule has 152 valence electrons. The van der Waals surface area contributed by atoms with Crippen molar-refractivity contribution in [2.75, 3.05) is 6.54 Å². The predicted octanol–water partition coefficient (Wildman–Crippen LogP) is 3.43. The summed E-state index contributed by atoms with van der Waals surface area (Å²) in [6.45, 7) is 13.4. The number of pyridine rings is 1. The van der Waals surface area contributed by atoms with E-state index in [1.54, 1.807) is 39.1 Å². The highest BCUT2D eigenvalue weighted by Crippen LogP contribution is 2.38. The Kier molecular flexibility index (Phi) is 6.36. The van der Waals surface area contributed by atoms with E-state index in [1.807, 2.05) is 27.7 Å². The molecule has 1 aliphatic heterocycles. The van der Waals surface area contributed by atoms with E-state index in [0.717, 1.165) is 6.29 Å². The van der Waals surface area contributed by atoms with Crippen LogP contribution in [-0.4, -0.2) is 47.8 Å². The van der Waals surface area contributed by atoms with E-state index in [9.17, 15) is 9.59 Å². The lowest BCUT2D eigenvalue weighted by atomic mass is 9.77. The molecule has 0 aliphatic carbocycles. The number of amides is 1. The number of rotatable bonds is 5. The van der Waals surface area contributed by atoms with Gasteiger partial charge in [0.15, 0.2) is 6.29 Å². The summed E-state index contributed by atoms with van der Waals surface area (Å²) in [6, 6.07) is 1.71. The summed E-state index contributed by atoms with van der Waals surface area (Å²) < 4.78 is 17.5. The van der Waals surface area contributed by atoms with E-state index in [0.29, 0.717) is 16.6 Å². The number of hydrogen-bond donors (Lipinski definition) is 1. The van der Waals surface area contributed by atoms with Crippen molar-refractivity contribution in [1.29, 1.82) is 0 Å². The Balaban J connectivity index is 2.27. The highest BCUT2D eigenvalue weighted by molar-refractivity contribution is 6.56. The van der Waals surface area contributed by atoms with Crippen LogP contribution in [0.4, 0.5) is 4.79 Å². The molecule has 0 unspecified atom stereocenters. The molecule has 1 amide bonds. The van der Waals surface area contributed by atoms with E-state index in [4.69, 9.17) is 14.0 Å². The fourth-order valence-electron chi connectivity index (χ4n) is 2.52. The van der Waals surface area contributed by atoms with Crippen LogP contribution in [0.2, 0.25) is 0 Å². The van der Waals surface area contributed by atoms with E-state index < -0.39 is 30.0 Å². The van der Waals surface area contributed by atoms with Gasteiger partial charge in [0.1, 0.15) is 5.60 Å². The van der Waals surface area contributed by atoms with Gasteiger partial charge in [-0.2, -0.15) is 0 Å². The molecule has 0 aromatic carbocycles. The fourth-order valence-corrected chi connectivity index (χ4v) is 2.52. The molecule has 1 aliphatic rings. The summed E-state index contributed by atoms with van der Waals surface area (Å²) >= 11 is 0. The molecule has 1 aromatic heterocycles. The summed E-state index contributed by atoms with van der Waals surface area (Å²) in [5.41, 5.74) is 0.217. The second kappa shape index (κ2) is 8.05. The fraction of sp³-hybridized carbons (Fsp3) is 0.550. The molecule has 0 atom stereocenters. The normalized spacial score (nSPS) is 18.7. The molecule has 0 saturated carbocycles. The van der Waals surface area contributed by atoms with Crippen molar-refractivity contribution >= 4 is 25.6 Å². The third-order valence-electron chi connectivity index (χ3n) is 4.66. The SMILES string of the molecule is CC(C)(C)OC(=O)NCC(=Cc1cncc(C=O)c1)B1OC(C)(C)C(C)(C)O1. The molecule has 28 heavy (non-hydrogen) atoms. The Morgan fingerprint density at radius 2 is 1.75 bits per heavy atom. The zero-order valence-corrected chi connectivity index (χ0v) is 17.7. The minimum Gasteiger partial charge on any atom is -0.444 e. The first-order valence-corrected chi connectivity index (χ1v) is 9.26. The van der Waals surface area contributed by atoms with Crippen molar-refractivity contribution < 1.29 is 23.6 Å². The highest BCUT2D eigenvalue weighted by atomic mass is 16.7. The maximum Gasteiger partial charge on any atom is 0.492 e. The van der Waals surface area contributed by atoms with Crippen LogP contribution < -0.4 is 5.32 Å². The minimum atomic E-state index is -0.653. The quantitative estimate of drug-likeness (QED) is 0.614. The van der Waals surface area contributed by atoms with Crippen LogP contribution >= 0.6 is 0 Å². The number of hydrogen-bond acceptors (Lipinski definition) is 6. The molecule has 0 bridgehead atoms. The lowest BCUT2D eigenvalue weighted by Gasteiger charge is -2.32. The van der Waals surface area contributed by atoms with E-state index in [-0.39, 0.29) is 6.54 Å². The van der Waals surface area contributed by atoms with Gasteiger partial charge in [0.25, 0.3) is 0 Å². The molecule has 1 saturated heterocycles. The van der Waals surface area contributed by atoms with Crippen molar-refractivity contribution in [1.82, 2.24) is 10.3 Å². The number of carbonyl (C=O) groups excluding carboxylic acids is 2. The average molecular weight is 388 g/mol. The molecule has 0 spiro atoms. The molecule has 1 fully saturated rings. The van der Waals surface area contributed by atoms with Crippen molar-refractivity contribution in [3.63, 3.8) is 0 Å². The smallest absolute Gasteiger partial charge is 0.444 e. The number of nitrogens with zero attached hydrogens (tertiary/aromatic N) is 1. The highest BCUT2D eigenvalue weighted by Gasteiger charge is 2.52. The Morgan fingerprint density at radius 1 is 1.18 bits per heavy atom. The molecule has 2 rings (SSSR count). The van der Waals surface area contributed by atoms with Crippen LogP contribution in [0.5, 0.6) is 0 Å². The van der Waals surface area contributed by atoms with Crippen LogP contribution in [0.15, 0.2) is 23.9 Å². The van der Waals surface area contributed by atoms with Gasteiger partial charge in [0, 0.05) is 24.5 Å². The van der Waals surface area contributed by atoms with Gasteiger partial charge in [-0.25, -0.2) is 4.79 Å². The Hall–Kier alpha value is -2.19. The topological polar surface area (TPSA) is 86.8 Å². The van der Waals surface area contributed by atoms with Crippen LogP contribution in [0.25, 0.3) is 6.08 Å². The van der Waals surface area contributed by atoms with Crippen LogP contribution in [0.3, 0.4) is 0 Å². The molecule has 0 radical (unpaired) electrons. The molecule has 8 heteroatoms. The third-order valence-corrected chi connectivity index (χ3v) is 4.66. The number of nitrogens with one attached hydrogen (secondary N) is 1. The number of aromatic nitrogens is 1. The summed E-state index contributed by atoms with van der Waals surface area (Å²) in [7, 11) is -0.653.